The van der Waals surface area contributed by atoms with E-state index >= 15 is 0 Å². The number of hydrogen-bond acceptors (Lipinski definition) is 3. The molecule has 5 heteroatoms. The van der Waals surface area contributed by atoms with Gasteiger partial charge in [-0.2, -0.15) is 0 Å². The van der Waals surface area contributed by atoms with Gasteiger partial charge in [0, 0.05) is 10.6 Å². The van der Waals surface area contributed by atoms with Crippen molar-refractivity contribution in [2.45, 2.75) is 0 Å². The third kappa shape index (κ3) is 2.04. The number of rotatable bonds is 1. The van der Waals surface area contributed by atoms with Crippen molar-refractivity contribution in [3.8, 4) is 11.4 Å². The summed E-state index contributed by atoms with van der Waals surface area (Å²) in [6.07, 6.45) is -0.469. The minimum atomic E-state index is -0.469. The monoisotopic (exact) mass is 286 g/mol. The molecule has 0 amide bonds. The highest BCUT2D eigenvalue weighted by Gasteiger charge is 2.18. The molecule has 2 aromatic carbocycles. The first-order valence-corrected chi connectivity index (χ1v) is 6.40. The first-order valence-electron chi connectivity index (χ1n) is 6.02. The summed E-state index contributed by atoms with van der Waals surface area (Å²) in [5.74, 6) is 0.537. The fourth-order valence-electron chi connectivity index (χ4n) is 2.09. The summed E-state index contributed by atoms with van der Waals surface area (Å²) in [4.78, 5) is 16.5. The van der Waals surface area contributed by atoms with Gasteiger partial charge in [0.2, 0.25) is 0 Å². The molecular formula is C15H11ClN2O2. The zero-order chi connectivity index (χ0) is 14.1. The summed E-state index contributed by atoms with van der Waals surface area (Å²) in [5.41, 5.74) is 2.25. The van der Waals surface area contributed by atoms with Gasteiger partial charge in [-0.3, -0.25) is 0 Å². The molecule has 0 fully saturated rings. The van der Waals surface area contributed by atoms with Gasteiger partial charge >= 0.3 is 6.09 Å². The Morgan fingerprint density at radius 3 is 2.55 bits per heavy atom. The summed E-state index contributed by atoms with van der Waals surface area (Å²) in [5, 5.41) is 0.634. The molecule has 0 saturated heterocycles. The summed E-state index contributed by atoms with van der Waals surface area (Å²) >= 11 is 5.89. The fourth-order valence-corrected chi connectivity index (χ4v) is 2.22. The van der Waals surface area contributed by atoms with Crippen LogP contribution in [-0.2, 0) is 4.74 Å². The van der Waals surface area contributed by atoms with Crippen molar-refractivity contribution in [2.24, 2.45) is 0 Å². The normalized spacial score (nSPS) is 10.7. The molecule has 100 valence electrons. The van der Waals surface area contributed by atoms with Gasteiger partial charge in [-0.25, -0.2) is 14.3 Å². The van der Waals surface area contributed by atoms with E-state index in [9.17, 15) is 4.79 Å². The van der Waals surface area contributed by atoms with Crippen LogP contribution in [0.4, 0.5) is 4.79 Å². The lowest BCUT2D eigenvalue weighted by Crippen LogP contribution is -2.12. The number of nitrogens with zero attached hydrogens (tertiary/aromatic N) is 2. The Kier molecular flexibility index (Phi) is 3.16. The van der Waals surface area contributed by atoms with Crippen LogP contribution in [-0.4, -0.2) is 22.8 Å². The number of aromatic nitrogens is 2. The van der Waals surface area contributed by atoms with Crippen LogP contribution in [0, 0.1) is 0 Å². The Morgan fingerprint density at radius 1 is 1.15 bits per heavy atom. The highest BCUT2D eigenvalue weighted by atomic mass is 35.5. The van der Waals surface area contributed by atoms with E-state index in [1.165, 1.54) is 11.7 Å². The molecule has 0 saturated carbocycles. The van der Waals surface area contributed by atoms with Crippen LogP contribution in [0.15, 0.2) is 48.5 Å². The molecule has 0 unspecified atom stereocenters. The third-order valence-electron chi connectivity index (χ3n) is 3.02. The standard InChI is InChI=1S/C15H11ClN2O2/c1-20-15(19)18-13-5-3-2-4-12(13)17-14(18)10-6-8-11(16)9-7-10/h2-9H,1H3. The smallest absolute Gasteiger partial charge is 0.419 e. The maximum Gasteiger partial charge on any atom is 0.419 e. The van der Waals surface area contributed by atoms with E-state index in [4.69, 9.17) is 16.3 Å². The molecule has 4 nitrogen and oxygen atoms in total. The highest BCUT2D eigenvalue weighted by molar-refractivity contribution is 6.30. The van der Waals surface area contributed by atoms with Crippen LogP contribution >= 0.6 is 11.6 Å². The Morgan fingerprint density at radius 2 is 1.85 bits per heavy atom. The quantitative estimate of drug-likeness (QED) is 0.680. The van der Waals surface area contributed by atoms with Gasteiger partial charge in [0.25, 0.3) is 0 Å². The summed E-state index contributed by atoms with van der Waals surface area (Å²) < 4.78 is 6.30. The van der Waals surface area contributed by atoms with Gasteiger partial charge in [-0.1, -0.05) is 23.7 Å². The lowest BCUT2D eigenvalue weighted by Gasteiger charge is -2.06. The first kappa shape index (κ1) is 12.7. The Hall–Kier alpha value is -2.33. The molecule has 0 spiro atoms. The highest BCUT2D eigenvalue weighted by Crippen LogP contribution is 2.26. The predicted molar refractivity (Wildman–Crippen MR) is 78.0 cm³/mol. The summed E-state index contributed by atoms with van der Waals surface area (Å²) in [6, 6.07) is 14.6. The van der Waals surface area contributed by atoms with Gasteiger partial charge in [0.05, 0.1) is 18.1 Å². The van der Waals surface area contributed by atoms with Crippen molar-refractivity contribution < 1.29 is 9.53 Å². The zero-order valence-electron chi connectivity index (χ0n) is 10.7. The minimum Gasteiger partial charge on any atom is -0.452 e. The molecule has 0 bridgehead atoms. The molecule has 0 aliphatic heterocycles. The molecule has 0 aliphatic carbocycles. The SMILES string of the molecule is COC(=O)n1c(-c2ccc(Cl)cc2)nc2ccccc21. The number of carbonyl (C=O) groups is 1. The van der Waals surface area contributed by atoms with Crippen LogP contribution < -0.4 is 0 Å². The molecule has 0 atom stereocenters. The molecule has 0 N–H and O–H groups in total. The number of halogens is 1. The number of imidazole rings is 1. The average Bonchev–Trinajstić information content (AvgIpc) is 2.86. The van der Waals surface area contributed by atoms with Crippen molar-refractivity contribution in [1.82, 2.24) is 9.55 Å². The van der Waals surface area contributed by atoms with Gasteiger partial charge < -0.3 is 4.74 Å². The van der Waals surface area contributed by atoms with Crippen LogP contribution in [0.2, 0.25) is 5.02 Å². The molecule has 3 rings (SSSR count). The van der Waals surface area contributed by atoms with Gasteiger partial charge in [-0.05, 0) is 36.4 Å². The molecule has 1 aromatic heterocycles. The second kappa shape index (κ2) is 4.98. The first-order chi connectivity index (χ1) is 9.70. The van der Waals surface area contributed by atoms with E-state index < -0.39 is 6.09 Å². The average molecular weight is 287 g/mol. The lowest BCUT2D eigenvalue weighted by molar-refractivity contribution is 0.174. The summed E-state index contributed by atoms with van der Waals surface area (Å²) in [6.45, 7) is 0. The maximum atomic E-state index is 12.0. The number of hydrogen-bond donors (Lipinski definition) is 0. The van der Waals surface area contributed by atoms with E-state index in [0.29, 0.717) is 16.4 Å². The van der Waals surface area contributed by atoms with Crippen molar-refractivity contribution in [3.05, 3.63) is 53.6 Å². The number of benzene rings is 2. The minimum absolute atomic E-state index is 0.469. The van der Waals surface area contributed by atoms with Gasteiger partial charge in [0.15, 0.2) is 5.82 Å². The van der Waals surface area contributed by atoms with Crippen molar-refractivity contribution in [3.63, 3.8) is 0 Å². The number of ether oxygens (including phenoxy) is 1. The van der Waals surface area contributed by atoms with Crippen LogP contribution in [0.3, 0.4) is 0 Å². The van der Waals surface area contributed by atoms with Crippen LogP contribution in [0.25, 0.3) is 22.4 Å². The predicted octanol–water partition coefficient (Wildman–Crippen LogP) is 3.97. The maximum absolute atomic E-state index is 12.0. The zero-order valence-corrected chi connectivity index (χ0v) is 11.5. The van der Waals surface area contributed by atoms with E-state index in [0.717, 1.165) is 11.1 Å². The number of methoxy groups -OCH3 is 1. The second-order valence-corrected chi connectivity index (χ2v) is 4.67. The summed E-state index contributed by atoms with van der Waals surface area (Å²) in [7, 11) is 1.35. The van der Waals surface area contributed by atoms with E-state index in [1.54, 1.807) is 12.1 Å². The van der Waals surface area contributed by atoms with Crippen molar-refractivity contribution >= 4 is 28.7 Å². The van der Waals surface area contributed by atoms with E-state index in [1.807, 2.05) is 36.4 Å². The topological polar surface area (TPSA) is 44.1 Å². The Balaban J connectivity index is 2.29. The third-order valence-corrected chi connectivity index (χ3v) is 3.27. The molecule has 3 aromatic rings. The molecule has 20 heavy (non-hydrogen) atoms. The Bertz CT molecular complexity index is 778. The second-order valence-electron chi connectivity index (χ2n) is 4.24. The fraction of sp³-hybridized carbons (Fsp3) is 0.0667. The van der Waals surface area contributed by atoms with E-state index in [2.05, 4.69) is 4.98 Å². The van der Waals surface area contributed by atoms with Gasteiger partial charge in [-0.15, -0.1) is 0 Å². The van der Waals surface area contributed by atoms with Gasteiger partial charge in [0.1, 0.15) is 0 Å². The van der Waals surface area contributed by atoms with Crippen molar-refractivity contribution in [2.75, 3.05) is 7.11 Å². The largest absolute Gasteiger partial charge is 0.452 e. The van der Waals surface area contributed by atoms with Crippen LogP contribution in [0.5, 0.6) is 0 Å². The molecule has 0 aliphatic rings. The Labute approximate surface area is 120 Å². The molecule has 0 radical (unpaired) electrons. The number of carbonyl (C=O) groups excluding carboxylic acids is 1. The number of para-hydroxylation sites is 2. The number of fused-ring (bicyclic) bond motifs is 1. The molecular weight excluding hydrogens is 276 g/mol. The molecule has 1 heterocycles. The van der Waals surface area contributed by atoms with Crippen LogP contribution in [0.1, 0.15) is 0 Å². The van der Waals surface area contributed by atoms with Crippen molar-refractivity contribution in [1.29, 1.82) is 0 Å². The van der Waals surface area contributed by atoms with E-state index in [-0.39, 0.29) is 0 Å². The lowest BCUT2D eigenvalue weighted by atomic mass is 10.2.